The fraction of sp³-hybridized carbons (Fsp3) is 0.929. The number of nitrogens with two attached hydrogens (primary N) is 1. The fourth-order valence-corrected chi connectivity index (χ4v) is 4.28. The fourth-order valence-electron chi connectivity index (χ4n) is 4.28. The Balaban J connectivity index is 2.45. The van der Waals surface area contributed by atoms with Crippen LogP contribution < -0.4 is 5.32 Å². The molecule has 1 atom stereocenters. The summed E-state index contributed by atoms with van der Waals surface area (Å²) in [6.07, 6.45) is 0.901. The number of aliphatic hydroxyl groups is 1. The minimum absolute atomic E-state index is 0.0736. The van der Waals surface area contributed by atoms with Gasteiger partial charge >= 0.3 is 6.09 Å². The van der Waals surface area contributed by atoms with Crippen molar-refractivity contribution in [2.45, 2.75) is 76.8 Å². The predicted octanol–water partition coefficient (Wildman–Crippen LogP) is 0.820. The summed E-state index contributed by atoms with van der Waals surface area (Å²) in [7, 11) is 0. The number of quaternary nitrogens is 1. The van der Waals surface area contributed by atoms with Crippen molar-refractivity contribution in [3.63, 3.8) is 0 Å². The molecule has 5 heteroatoms. The number of rotatable bonds is 1. The van der Waals surface area contributed by atoms with Crippen molar-refractivity contribution < 1.29 is 20.0 Å². The van der Waals surface area contributed by atoms with E-state index in [1.165, 1.54) is 4.90 Å². The summed E-state index contributed by atoms with van der Waals surface area (Å²) in [5.74, 6) is 0. The molecule has 0 aromatic heterocycles. The first kappa shape index (κ1) is 14.6. The topological polar surface area (TPSA) is 66.4 Å². The first-order valence-corrected chi connectivity index (χ1v) is 7.05. The molecule has 2 heterocycles. The van der Waals surface area contributed by atoms with E-state index in [1.807, 2.05) is 6.92 Å². The van der Waals surface area contributed by atoms with E-state index >= 15 is 0 Å². The Bertz CT molecular complexity index is 385. The average Bonchev–Trinajstić information content (AvgIpc) is 2.27. The second kappa shape index (κ2) is 3.85. The molecule has 0 unspecified atom stereocenters. The molecule has 0 radical (unpaired) electrons. The Morgan fingerprint density at radius 3 is 2.05 bits per heavy atom. The molecule has 110 valence electrons. The van der Waals surface area contributed by atoms with Crippen molar-refractivity contribution in [1.82, 2.24) is 4.90 Å². The third kappa shape index (κ3) is 2.13. The van der Waals surface area contributed by atoms with Gasteiger partial charge in [-0.1, -0.05) is 0 Å². The van der Waals surface area contributed by atoms with Crippen molar-refractivity contribution >= 4 is 6.09 Å². The van der Waals surface area contributed by atoms with Crippen LogP contribution in [0, 0.1) is 0 Å². The van der Waals surface area contributed by atoms with Gasteiger partial charge in [-0.2, -0.15) is 0 Å². The lowest BCUT2D eigenvalue weighted by Crippen LogP contribution is -3.07. The van der Waals surface area contributed by atoms with Crippen molar-refractivity contribution in [3.8, 4) is 0 Å². The Morgan fingerprint density at radius 1 is 1.21 bits per heavy atom. The number of piperidine rings is 1. The number of likely N-dealkylation sites (N-methyl/N-ethyl adjacent to an activating group) is 1. The third-order valence-electron chi connectivity index (χ3n) is 4.47. The molecule has 3 N–H and O–H groups in total. The Labute approximate surface area is 115 Å². The van der Waals surface area contributed by atoms with Crippen LogP contribution in [0.5, 0.6) is 0 Å². The first-order chi connectivity index (χ1) is 8.45. The largest absolute Gasteiger partial charge is 0.437 e. The number of hydrogen-bond donors (Lipinski definition) is 2. The summed E-state index contributed by atoms with van der Waals surface area (Å²) in [5.41, 5.74) is -2.21. The normalized spacial score (nSPS) is 35.5. The highest BCUT2D eigenvalue weighted by atomic mass is 16.6. The van der Waals surface area contributed by atoms with Crippen LogP contribution in [0.15, 0.2) is 0 Å². The van der Waals surface area contributed by atoms with Gasteiger partial charge in [0.05, 0.1) is 11.1 Å². The van der Waals surface area contributed by atoms with Gasteiger partial charge in [0.1, 0.15) is 0 Å². The highest BCUT2D eigenvalue weighted by molar-refractivity contribution is 5.72. The van der Waals surface area contributed by atoms with Crippen molar-refractivity contribution in [3.05, 3.63) is 0 Å². The maximum absolute atomic E-state index is 12.0. The average molecular weight is 271 g/mol. The van der Waals surface area contributed by atoms with E-state index in [0.29, 0.717) is 19.4 Å². The lowest BCUT2D eigenvalue weighted by Gasteiger charge is -2.51. The predicted molar refractivity (Wildman–Crippen MR) is 71.5 cm³/mol. The maximum atomic E-state index is 12.0. The number of nitrogens with zero attached hydrogens (tertiary/aromatic N) is 1. The Kier molecular flexibility index (Phi) is 2.96. The van der Waals surface area contributed by atoms with Gasteiger partial charge < -0.3 is 15.2 Å². The molecule has 1 amide bonds. The lowest BCUT2D eigenvalue weighted by atomic mass is 9.68. The van der Waals surface area contributed by atoms with Gasteiger partial charge in [-0.05, 0) is 41.5 Å². The van der Waals surface area contributed by atoms with Crippen LogP contribution in [0.4, 0.5) is 4.79 Å². The quantitative estimate of drug-likeness (QED) is 0.742. The van der Waals surface area contributed by atoms with Gasteiger partial charge in [0.15, 0.2) is 11.3 Å². The van der Waals surface area contributed by atoms with Crippen molar-refractivity contribution in [2.75, 3.05) is 6.54 Å². The molecule has 0 bridgehead atoms. The zero-order valence-corrected chi connectivity index (χ0v) is 12.9. The second-order valence-electron chi connectivity index (χ2n) is 7.60. The Morgan fingerprint density at radius 2 is 1.68 bits per heavy atom. The smallest absolute Gasteiger partial charge is 0.412 e. The molecule has 0 aromatic carbocycles. The molecule has 2 aliphatic rings. The van der Waals surface area contributed by atoms with Gasteiger partial charge in [-0.3, -0.25) is 4.90 Å². The van der Waals surface area contributed by atoms with Gasteiger partial charge in [0.25, 0.3) is 0 Å². The van der Waals surface area contributed by atoms with E-state index in [1.54, 1.807) is 6.92 Å². The van der Waals surface area contributed by atoms with Crippen LogP contribution in [-0.2, 0) is 4.74 Å². The van der Waals surface area contributed by atoms with Crippen LogP contribution in [0.25, 0.3) is 0 Å². The monoisotopic (exact) mass is 271 g/mol. The second-order valence-corrected chi connectivity index (χ2v) is 7.60. The minimum atomic E-state index is -1.25. The number of amides is 1. The lowest BCUT2D eigenvalue weighted by molar-refractivity contribution is -0.793. The zero-order chi connectivity index (χ0) is 14.7. The van der Waals surface area contributed by atoms with E-state index in [2.05, 4.69) is 33.0 Å². The van der Waals surface area contributed by atoms with Crippen LogP contribution in [0.2, 0.25) is 0 Å². The molecule has 0 saturated carbocycles. The number of ether oxygens (including phenoxy) is 1. The van der Waals surface area contributed by atoms with Crippen LogP contribution in [-0.4, -0.2) is 45.0 Å². The number of carbonyl (C=O) groups excluding carboxylic acids is 1. The first-order valence-electron chi connectivity index (χ1n) is 7.05. The molecule has 19 heavy (non-hydrogen) atoms. The maximum Gasteiger partial charge on any atom is 0.412 e. The van der Waals surface area contributed by atoms with Gasteiger partial charge in [-0.25, -0.2) is 4.79 Å². The zero-order valence-electron chi connectivity index (χ0n) is 12.9. The van der Waals surface area contributed by atoms with E-state index in [0.717, 1.165) is 0 Å². The SMILES string of the molecule is CCN1C(=O)OC2(CC(C)(C)[NH2+]C(C)(C)C2)[C@]1(C)O. The summed E-state index contributed by atoms with van der Waals surface area (Å²) in [5, 5.41) is 13.2. The standard InChI is InChI=1S/C14H26N2O3/c1-7-16-10(17)19-14(13(16,6)18)8-11(2,3)15-12(4,5)9-14/h15,18H,7-9H2,1-6H3/p+1/t13-/m0/s1. The van der Waals surface area contributed by atoms with Crippen LogP contribution in [0.1, 0.15) is 54.4 Å². The summed E-state index contributed by atoms with van der Waals surface area (Å²) in [4.78, 5) is 13.5. The molecule has 5 nitrogen and oxygen atoms in total. The van der Waals surface area contributed by atoms with Crippen LogP contribution >= 0.6 is 0 Å². The molecule has 1 spiro atoms. The van der Waals surface area contributed by atoms with Crippen LogP contribution in [0.3, 0.4) is 0 Å². The van der Waals surface area contributed by atoms with E-state index in [9.17, 15) is 9.90 Å². The van der Waals surface area contributed by atoms with Crippen molar-refractivity contribution in [1.29, 1.82) is 0 Å². The molecule has 0 aromatic rings. The van der Waals surface area contributed by atoms with Gasteiger partial charge in [0, 0.05) is 19.4 Å². The minimum Gasteiger partial charge on any atom is -0.437 e. The molecule has 2 aliphatic heterocycles. The summed E-state index contributed by atoms with van der Waals surface area (Å²) in [6, 6.07) is 0. The molecule has 2 rings (SSSR count). The number of carbonyl (C=O) groups is 1. The van der Waals surface area contributed by atoms with E-state index in [4.69, 9.17) is 4.74 Å². The van der Waals surface area contributed by atoms with E-state index < -0.39 is 17.4 Å². The molecule has 2 saturated heterocycles. The molecular weight excluding hydrogens is 244 g/mol. The molecule has 2 fully saturated rings. The highest BCUT2D eigenvalue weighted by Crippen LogP contribution is 2.47. The Hall–Kier alpha value is -0.810. The number of hydrogen-bond acceptors (Lipinski definition) is 3. The van der Waals surface area contributed by atoms with E-state index in [-0.39, 0.29) is 11.1 Å². The van der Waals surface area contributed by atoms with Gasteiger partial charge in [0.2, 0.25) is 0 Å². The summed E-state index contributed by atoms with van der Waals surface area (Å²) >= 11 is 0. The summed E-state index contributed by atoms with van der Waals surface area (Å²) < 4.78 is 5.70. The van der Waals surface area contributed by atoms with Crippen molar-refractivity contribution in [2.24, 2.45) is 0 Å². The highest BCUT2D eigenvalue weighted by Gasteiger charge is 2.67. The molecule has 0 aliphatic carbocycles. The van der Waals surface area contributed by atoms with Gasteiger partial charge in [-0.15, -0.1) is 0 Å². The molecular formula is C14H27N2O3+. The third-order valence-corrected chi connectivity index (χ3v) is 4.47. The summed E-state index contributed by atoms with van der Waals surface area (Å²) in [6.45, 7) is 12.6.